The van der Waals surface area contributed by atoms with Crippen LogP contribution in [0.4, 0.5) is 5.00 Å². The number of hydrogen-bond acceptors (Lipinski definition) is 4. The molecule has 0 radical (unpaired) electrons. The molecule has 0 saturated heterocycles. The predicted molar refractivity (Wildman–Crippen MR) is 124 cm³/mol. The molecule has 0 spiro atoms. The smallest absolute Gasteiger partial charge is 0.272 e. The van der Waals surface area contributed by atoms with Crippen LogP contribution in [0.15, 0.2) is 17.5 Å². The molecule has 1 fully saturated rings. The molecule has 5 rings (SSSR count). The summed E-state index contributed by atoms with van der Waals surface area (Å²) in [7, 11) is 0. The van der Waals surface area contributed by atoms with E-state index in [0.717, 1.165) is 60.0 Å². The van der Waals surface area contributed by atoms with Gasteiger partial charge in [-0.15, -0.1) is 22.7 Å². The van der Waals surface area contributed by atoms with Crippen molar-refractivity contribution in [1.82, 2.24) is 9.88 Å². The van der Waals surface area contributed by atoms with Gasteiger partial charge in [-0.25, -0.2) is 0 Å². The summed E-state index contributed by atoms with van der Waals surface area (Å²) in [5, 5.41) is 8.88. The van der Waals surface area contributed by atoms with Crippen molar-refractivity contribution in [1.29, 1.82) is 0 Å². The Labute approximate surface area is 184 Å². The number of aromatic nitrogens is 1. The number of carbonyl (C=O) groups is 2. The number of hydrogen-bond donors (Lipinski definition) is 2. The third-order valence-electron chi connectivity index (χ3n) is 6.35. The lowest BCUT2D eigenvalue weighted by Gasteiger charge is -2.17. The molecule has 0 aromatic carbocycles. The number of nitrogens with zero attached hydrogens (tertiary/aromatic N) is 1. The number of amides is 2. The van der Waals surface area contributed by atoms with Gasteiger partial charge in [0, 0.05) is 17.5 Å². The quantitative estimate of drug-likeness (QED) is 0.529. The highest BCUT2D eigenvalue weighted by molar-refractivity contribution is 7.17. The fraction of sp³-hybridized carbons (Fsp3) is 0.478. The van der Waals surface area contributed by atoms with E-state index in [9.17, 15) is 9.59 Å². The van der Waals surface area contributed by atoms with Gasteiger partial charge in [0.05, 0.1) is 15.8 Å². The summed E-state index contributed by atoms with van der Waals surface area (Å²) < 4.78 is 3.40. The van der Waals surface area contributed by atoms with Crippen molar-refractivity contribution in [2.75, 3.05) is 11.9 Å². The Bertz CT molecular complexity index is 1100. The van der Waals surface area contributed by atoms with E-state index in [2.05, 4.69) is 26.6 Å². The van der Waals surface area contributed by atoms with Crippen LogP contribution in [0, 0.1) is 0 Å². The number of rotatable bonds is 5. The Balaban J connectivity index is 1.52. The van der Waals surface area contributed by atoms with Crippen LogP contribution in [0.3, 0.4) is 0 Å². The minimum absolute atomic E-state index is 0.0700. The highest BCUT2D eigenvalue weighted by Gasteiger charge is 2.29. The number of anilines is 1. The molecule has 1 saturated carbocycles. The largest absolute Gasteiger partial charge is 0.352 e. The normalized spacial score (nSPS) is 16.7. The molecule has 158 valence electrons. The molecular formula is C23H27N3O2S2. The maximum absolute atomic E-state index is 13.5. The third-order valence-corrected chi connectivity index (χ3v) is 8.41. The number of fused-ring (bicyclic) bond motifs is 2. The van der Waals surface area contributed by atoms with Gasteiger partial charge in [-0.3, -0.25) is 9.59 Å². The van der Waals surface area contributed by atoms with Crippen molar-refractivity contribution in [3.63, 3.8) is 0 Å². The molecule has 2 aliphatic carbocycles. The van der Waals surface area contributed by atoms with Crippen LogP contribution in [0.25, 0.3) is 10.2 Å². The van der Waals surface area contributed by atoms with Gasteiger partial charge in [-0.1, -0.05) is 12.8 Å². The lowest BCUT2D eigenvalue weighted by Crippen LogP contribution is -2.26. The summed E-state index contributed by atoms with van der Waals surface area (Å²) in [5.74, 6) is -0.172. The van der Waals surface area contributed by atoms with Gasteiger partial charge < -0.3 is 15.2 Å². The molecule has 2 N–H and O–H groups in total. The zero-order chi connectivity index (χ0) is 20.7. The SMILES string of the molecule is CCNC(=O)c1c(NC(=O)c2cc3sccc3n2C2CCCC2)sc2c1CCCC2. The second kappa shape index (κ2) is 8.19. The van der Waals surface area contributed by atoms with Gasteiger partial charge in [0.2, 0.25) is 0 Å². The predicted octanol–water partition coefficient (Wildman–Crippen LogP) is 5.76. The Morgan fingerprint density at radius 2 is 1.93 bits per heavy atom. The van der Waals surface area contributed by atoms with Gasteiger partial charge in [-0.05, 0) is 68.5 Å². The van der Waals surface area contributed by atoms with E-state index in [0.29, 0.717) is 23.2 Å². The fourth-order valence-corrected chi connectivity index (χ4v) is 7.08. The maximum Gasteiger partial charge on any atom is 0.272 e. The maximum atomic E-state index is 13.5. The van der Waals surface area contributed by atoms with Gasteiger partial charge in [-0.2, -0.15) is 0 Å². The first-order valence-electron chi connectivity index (χ1n) is 11.0. The molecule has 5 nitrogen and oxygen atoms in total. The summed E-state index contributed by atoms with van der Waals surface area (Å²) in [6.07, 6.45) is 8.84. The van der Waals surface area contributed by atoms with Crippen molar-refractivity contribution in [2.24, 2.45) is 0 Å². The van der Waals surface area contributed by atoms with Crippen LogP contribution in [0.1, 0.15) is 82.8 Å². The third kappa shape index (κ3) is 3.38. The molecule has 0 bridgehead atoms. The summed E-state index contributed by atoms with van der Waals surface area (Å²) in [6.45, 7) is 2.51. The number of aryl methyl sites for hydroxylation is 1. The van der Waals surface area contributed by atoms with Crippen molar-refractivity contribution < 1.29 is 9.59 Å². The zero-order valence-corrected chi connectivity index (χ0v) is 18.9. The van der Waals surface area contributed by atoms with E-state index >= 15 is 0 Å². The molecule has 7 heteroatoms. The minimum Gasteiger partial charge on any atom is -0.352 e. The average molecular weight is 442 g/mol. The summed E-state index contributed by atoms with van der Waals surface area (Å²) in [5.41, 5.74) is 3.70. The second-order valence-corrected chi connectivity index (χ2v) is 10.3. The van der Waals surface area contributed by atoms with Crippen molar-refractivity contribution in [3.8, 4) is 0 Å². The fourth-order valence-electron chi connectivity index (χ4n) is 4.99. The van der Waals surface area contributed by atoms with Crippen molar-refractivity contribution >= 4 is 49.7 Å². The van der Waals surface area contributed by atoms with Crippen LogP contribution in [-0.4, -0.2) is 22.9 Å². The average Bonchev–Trinajstić information content (AvgIpc) is 3.50. The first kappa shape index (κ1) is 19.8. The van der Waals surface area contributed by atoms with E-state index in [-0.39, 0.29) is 11.8 Å². The zero-order valence-electron chi connectivity index (χ0n) is 17.3. The van der Waals surface area contributed by atoms with E-state index < -0.39 is 0 Å². The monoisotopic (exact) mass is 441 g/mol. The molecule has 3 aromatic heterocycles. The molecule has 3 heterocycles. The molecule has 0 aliphatic heterocycles. The van der Waals surface area contributed by atoms with Gasteiger partial charge >= 0.3 is 0 Å². The van der Waals surface area contributed by atoms with Gasteiger partial charge in [0.1, 0.15) is 10.7 Å². The highest BCUT2D eigenvalue weighted by Crippen LogP contribution is 2.40. The summed E-state index contributed by atoms with van der Waals surface area (Å²) in [6, 6.07) is 4.53. The minimum atomic E-state index is -0.102. The molecular weight excluding hydrogens is 414 g/mol. The number of thiophene rings is 2. The van der Waals surface area contributed by atoms with Crippen LogP contribution < -0.4 is 10.6 Å². The van der Waals surface area contributed by atoms with Crippen LogP contribution in [0.2, 0.25) is 0 Å². The Kier molecular flexibility index (Phi) is 5.41. The molecule has 3 aromatic rings. The topological polar surface area (TPSA) is 63.1 Å². The first-order valence-corrected chi connectivity index (χ1v) is 12.7. The Morgan fingerprint density at radius 3 is 2.73 bits per heavy atom. The second-order valence-electron chi connectivity index (χ2n) is 8.24. The highest BCUT2D eigenvalue weighted by atomic mass is 32.1. The summed E-state index contributed by atoms with van der Waals surface area (Å²) >= 11 is 3.27. The molecule has 30 heavy (non-hydrogen) atoms. The van der Waals surface area contributed by atoms with E-state index in [1.807, 2.05) is 13.0 Å². The first-order chi connectivity index (χ1) is 14.7. The number of carbonyl (C=O) groups excluding carboxylic acids is 2. The summed E-state index contributed by atoms with van der Waals surface area (Å²) in [4.78, 5) is 27.5. The van der Waals surface area contributed by atoms with Gasteiger partial charge in [0.15, 0.2) is 0 Å². The molecule has 2 amide bonds. The molecule has 0 atom stereocenters. The lowest BCUT2D eigenvalue weighted by atomic mass is 9.95. The van der Waals surface area contributed by atoms with E-state index in [1.165, 1.54) is 17.7 Å². The van der Waals surface area contributed by atoms with Crippen LogP contribution >= 0.6 is 22.7 Å². The van der Waals surface area contributed by atoms with Gasteiger partial charge in [0.25, 0.3) is 11.8 Å². The van der Waals surface area contributed by atoms with E-state index in [4.69, 9.17) is 0 Å². The Hall–Kier alpha value is -2.12. The lowest BCUT2D eigenvalue weighted by molar-refractivity contribution is 0.0956. The van der Waals surface area contributed by atoms with E-state index in [1.54, 1.807) is 22.7 Å². The van der Waals surface area contributed by atoms with Crippen molar-refractivity contribution in [3.05, 3.63) is 39.2 Å². The van der Waals surface area contributed by atoms with Crippen molar-refractivity contribution in [2.45, 2.75) is 64.3 Å². The van der Waals surface area contributed by atoms with Crippen LogP contribution in [0.5, 0.6) is 0 Å². The number of nitrogens with one attached hydrogen (secondary N) is 2. The van der Waals surface area contributed by atoms with Crippen LogP contribution in [-0.2, 0) is 12.8 Å². The Morgan fingerprint density at radius 1 is 1.13 bits per heavy atom. The molecule has 2 aliphatic rings. The standard InChI is InChI=1S/C23H27N3O2S2/c1-2-24-22(28)20-15-9-5-6-10-18(15)30-23(20)25-21(27)17-13-19-16(11-12-29-19)26(17)14-7-3-4-8-14/h11-14H,2-10H2,1H3,(H,24,28)(H,25,27). The molecule has 0 unspecified atom stereocenters.